The lowest BCUT2D eigenvalue weighted by molar-refractivity contribution is -0.123. The van der Waals surface area contributed by atoms with Gasteiger partial charge in [-0.05, 0) is 31.0 Å². The predicted molar refractivity (Wildman–Crippen MR) is 96.9 cm³/mol. The summed E-state index contributed by atoms with van der Waals surface area (Å²) in [6, 6.07) is 4.51. The third-order valence-electron chi connectivity index (χ3n) is 4.59. The molecule has 0 atom stereocenters. The first-order valence-corrected chi connectivity index (χ1v) is 10.6. The van der Waals surface area contributed by atoms with E-state index in [1.807, 2.05) is 0 Å². The number of rotatable bonds is 6. The van der Waals surface area contributed by atoms with Crippen molar-refractivity contribution in [2.75, 3.05) is 32.9 Å². The summed E-state index contributed by atoms with van der Waals surface area (Å²) in [7, 11) is -3.61. The van der Waals surface area contributed by atoms with E-state index in [0.717, 1.165) is 25.7 Å². The average Bonchev–Trinajstić information content (AvgIpc) is 3.14. The van der Waals surface area contributed by atoms with Crippen molar-refractivity contribution in [1.82, 2.24) is 9.62 Å². The Kier molecular flexibility index (Phi) is 6.39. The fourth-order valence-electron chi connectivity index (χ4n) is 3.18. The fourth-order valence-corrected chi connectivity index (χ4v) is 4.91. The summed E-state index contributed by atoms with van der Waals surface area (Å²) in [5.74, 6) is 0.0900. The van der Waals surface area contributed by atoms with Crippen molar-refractivity contribution < 1.29 is 22.7 Å². The second-order valence-corrected chi connectivity index (χ2v) is 8.79. The summed E-state index contributed by atoms with van der Waals surface area (Å²) >= 11 is 6.16. The van der Waals surface area contributed by atoms with Gasteiger partial charge in [-0.25, -0.2) is 8.42 Å². The lowest BCUT2D eigenvalue weighted by Gasteiger charge is -2.26. The van der Waals surface area contributed by atoms with Crippen molar-refractivity contribution in [3.8, 4) is 5.75 Å². The second kappa shape index (κ2) is 8.56. The van der Waals surface area contributed by atoms with Crippen LogP contribution in [0.5, 0.6) is 5.75 Å². The van der Waals surface area contributed by atoms with Crippen molar-refractivity contribution in [2.24, 2.45) is 0 Å². The van der Waals surface area contributed by atoms with Crippen LogP contribution in [0.15, 0.2) is 23.1 Å². The Balaban J connectivity index is 1.60. The molecular weight excluding hydrogens is 380 g/mol. The highest BCUT2D eigenvalue weighted by Gasteiger charge is 2.27. The topological polar surface area (TPSA) is 84.9 Å². The predicted octanol–water partition coefficient (Wildman–Crippen LogP) is 1.80. The van der Waals surface area contributed by atoms with Crippen LogP contribution < -0.4 is 10.1 Å². The van der Waals surface area contributed by atoms with Crippen molar-refractivity contribution in [3.05, 3.63) is 23.2 Å². The molecule has 1 N–H and O–H groups in total. The molecule has 0 spiro atoms. The largest absolute Gasteiger partial charge is 0.482 e. The second-order valence-electron chi connectivity index (χ2n) is 6.45. The lowest BCUT2D eigenvalue weighted by atomic mass is 10.2. The van der Waals surface area contributed by atoms with Gasteiger partial charge in [0, 0.05) is 19.1 Å². The van der Waals surface area contributed by atoms with Crippen molar-refractivity contribution in [2.45, 2.75) is 36.6 Å². The molecule has 1 aromatic rings. The van der Waals surface area contributed by atoms with Gasteiger partial charge >= 0.3 is 0 Å². The molecule has 26 heavy (non-hydrogen) atoms. The molecule has 7 nitrogen and oxygen atoms in total. The van der Waals surface area contributed by atoms with E-state index in [1.165, 1.54) is 22.5 Å². The van der Waals surface area contributed by atoms with Crippen LogP contribution in [-0.4, -0.2) is 57.6 Å². The summed E-state index contributed by atoms with van der Waals surface area (Å²) in [5, 5.41) is 3.09. The Morgan fingerprint density at radius 2 is 1.96 bits per heavy atom. The molecule has 1 saturated carbocycles. The first kappa shape index (κ1) is 19.4. The molecule has 1 aliphatic heterocycles. The summed E-state index contributed by atoms with van der Waals surface area (Å²) in [6.45, 7) is 1.25. The third-order valence-corrected chi connectivity index (χ3v) is 6.78. The molecule has 1 saturated heterocycles. The number of nitrogens with zero attached hydrogens (tertiary/aromatic N) is 1. The van der Waals surface area contributed by atoms with Crippen LogP contribution in [0.1, 0.15) is 25.7 Å². The molecule has 1 heterocycles. The van der Waals surface area contributed by atoms with E-state index in [0.29, 0.717) is 26.3 Å². The zero-order valence-corrected chi connectivity index (χ0v) is 16.0. The first-order chi connectivity index (χ1) is 12.5. The van der Waals surface area contributed by atoms with E-state index < -0.39 is 10.0 Å². The molecule has 2 aliphatic rings. The van der Waals surface area contributed by atoms with Gasteiger partial charge in [0.25, 0.3) is 5.91 Å². The summed E-state index contributed by atoms with van der Waals surface area (Å²) in [4.78, 5) is 12.0. The number of sulfonamides is 1. The minimum absolute atomic E-state index is 0.104. The molecule has 0 radical (unpaired) electrons. The minimum Gasteiger partial charge on any atom is -0.482 e. The van der Waals surface area contributed by atoms with Gasteiger partial charge in [-0.2, -0.15) is 4.31 Å². The number of hydrogen-bond donors (Lipinski definition) is 1. The van der Waals surface area contributed by atoms with Crippen LogP contribution >= 0.6 is 11.6 Å². The van der Waals surface area contributed by atoms with Crippen molar-refractivity contribution in [1.29, 1.82) is 0 Å². The number of amides is 1. The van der Waals surface area contributed by atoms with Gasteiger partial charge in [0.2, 0.25) is 10.0 Å². The van der Waals surface area contributed by atoms with Crippen LogP contribution in [0.4, 0.5) is 0 Å². The van der Waals surface area contributed by atoms with Crippen molar-refractivity contribution in [3.63, 3.8) is 0 Å². The molecule has 3 rings (SSSR count). The van der Waals surface area contributed by atoms with Crippen LogP contribution in [0.3, 0.4) is 0 Å². The normalized spacial score (nSPS) is 19.4. The Morgan fingerprint density at radius 3 is 2.62 bits per heavy atom. The highest BCUT2D eigenvalue weighted by molar-refractivity contribution is 7.89. The highest BCUT2D eigenvalue weighted by Crippen LogP contribution is 2.29. The van der Waals surface area contributed by atoms with Gasteiger partial charge < -0.3 is 14.8 Å². The number of morpholine rings is 1. The van der Waals surface area contributed by atoms with E-state index in [4.69, 9.17) is 21.1 Å². The molecule has 2 fully saturated rings. The Labute approximate surface area is 158 Å². The molecule has 1 aromatic carbocycles. The zero-order valence-electron chi connectivity index (χ0n) is 14.4. The van der Waals surface area contributed by atoms with Gasteiger partial charge in [0.15, 0.2) is 6.61 Å². The van der Waals surface area contributed by atoms with Crippen LogP contribution in [-0.2, 0) is 19.6 Å². The van der Waals surface area contributed by atoms with Crippen LogP contribution in [0.25, 0.3) is 0 Å². The Bertz CT molecular complexity index is 744. The molecule has 0 aromatic heterocycles. The molecule has 144 valence electrons. The first-order valence-electron chi connectivity index (χ1n) is 8.76. The van der Waals surface area contributed by atoms with Gasteiger partial charge in [0.05, 0.1) is 23.1 Å². The van der Waals surface area contributed by atoms with E-state index in [-0.39, 0.29) is 34.2 Å². The lowest BCUT2D eigenvalue weighted by Crippen LogP contribution is -2.40. The molecule has 9 heteroatoms. The molecular formula is C17H23ClN2O5S. The summed E-state index contributed by atoms with van der Waals surface area (Å²) in [6.07, 6.45) is 4.27. The Morgan fingerprint density at radius 1 is 1.27 bits per heavy atom. The van der Waals surface area contributed by atoms with Crippen molar-refractivity contribution >= 4 is 27.5 Å². The number of carbonyl (C=O) groups excluding carboxylic acids is 1. The number of benzene rings is 1. The molecule has 1 amide bonds. The molecule has 0 bridgehead atoms. The standard InChI is InChI=1S/C17H23ClN2O5S/c18-15-11-14(26(22,23)20-7-9-24-10-8-20)5-6-16(15)25-12-17(21)19-13-3-1-2-4-13/h5-6,11,13H,1-4,7-10,12H2,(H,19,21). The van der Waals surface area contributed by atoms with Crippen LogP contribution in [0.2, 0.25) is 5.02 Å². The maximum Gasteiger partial charge on any atom is 0.258 e. The van der Waals surface area contributed by atoms with Gasteiger partial charge in [0.1, 0.15) is 5.75 Å². The smallest absolute Gasteiger partial charge is 0.258 e. The Hall–Kier alpha value is -1.35. The molecule has 0 unspecified atom stereocenters. The van der Waals surface area contributed by atoms with Gasteiger partial charge in [-0.3, -0.25) is 4.79 Å². The highest BCUT2D eigenvalue weighted by atomic mass is 35.5. The van der Waals surface area contributed by atoms with Gasteiger partial charge in [-0.15, -0.1) is 0 Å². The fraction of sp³-hybridized carbons (Fsp3) is 0.588. The zero-order chi connectivity index (χ0) is 18.6. The van der Waals surface area contributed by atoms with Gasteiger partial charge in [-0.1, -0.05) is 24.4 Å². The number of nitrogens with one attached hydrogen (secondary N) is 1. The average molecular weight is 403 g/mol. The number of hydrogen-bond acceptors (Lipinski definition) is 5. The summed E-state index contributed by atoms with van der Waals surface area (Å²) < 4.78 is 37.2. The molecule has 1 aliphatic carbocycles. The SMILES string of the molecule is O=C(COc1ccc(S(=O)(=O)N2CCOCC2)cc1Cl)NC1CCCC1. The van der Waals surface area contributed by atoms with E-state index in [9.17, 15) is 13.2 Å². The quantitative estimate of drug-likeness (QED) is 0.784. The van der Waals surface area contributed by atoms with E-state index in [1.54, 1.807) is 0 Å². The van der Waals surface area contributed by atoms with Crippen LogP contribution in [0, 0.1) is 0 Å². The number of carbonyl (C=O) groups is 1. The number of halogens is 1. The number of ether oxygens (including phenoxy) is 2. The van der Waals surface area contributed by atoms with E-state index >= 15 is 0 Å². The maximum atomic E-state index is 12.6. The minimum atomic E-state index is -3.61. The summed E-state index contributed by atoms with van der Waals surface area (Å²) in [5.41, 5.74) is 0. The maximum absolute atomic E-state index is 12.6. The monoisotopic (exact) mass is 402 g/mol. The van der Waals surface area contributed by atoms with E-state index in [2.05, 4.69) is 5.32 Å². The third kappa shape index (κ3) is 4.68.